The molecule has 3 nitrogen and oxygen atoms in total. The zero-order chi connectivity index (χ0) is 25.5. The Morgan fingerprint density at radius 3 is 1.86 bits per heavy atom. The second kappa shape index (κ2) is 9.81. The number of hydrogen-bond donors (Lipinski definition) is 0. The normalized spacial score (nSPS) is 18.4. The molecule has 0 saturated heterocycles. The second-order valence-corrected chi connectivity index (χ2v) is 12.7. The van der Waals surface area contributed by atoms with Crippen molar-refractivity contribution in [3.8, 4) is 0 Å². The zero-order valence-corrected chi connectivity index (χ0v) is 22.9. The number of hydrogen-bond acceptors (Lipinski definition) is 2. The molecule has 0 unspecified atom stereocenters. The Morgan fingerprint density at radius 1 is 0.771 bits per heavy atom. The third-order valence-electron chi connectivity index (χ3n) is 7.35. The molecular formula is C31H39NO2S. The van der Waals surface area contributed by atoms with E-state index in [1.54, 1.807) is 4.31 Å². The molecule has 0 saturated carbocycles. The molecule has 0 aromatic heterocycles. The summed E-state index contributed by atoms with van der Waals surface area (Å²) in [4.78, 5) is 0.497. The molecule has 0 amide bonds. The van der Waals surface area contributed by atoms with E-state index >= 15 is 0 Å². The Morgan fingerprint density at radius 2 is 1.31 bits per heavy atom. The molecule has 0 N–H and O–H groups in total. The third-order valence-corrected chi connectivity index (χ3v) is 9.30. The minimum atomic E-state index is -3.86. The number of sulfonamides is 1. The van der Waals surface area contributed by atoms with Crippen molar-refractivity contribution in [1.29, 1.82) is 0 Å². The molecule has 0 radical (unpaired) electrons. The Bertz CT molecular complexity index is 1260. The van der Waals surface area contributed by atoms with Gasteiger partial charge in [-0.25, -0.2) is 8.42 Å². The Hall–Kier alpha value is -2.59. The first-order valence-corrected chi connectivity index (χ1v) is 14.3. The van der Waals surface area contributed by atoms with Gasteiger partial charge in [-0.1, -0.05) is 109 Å². The lowest BCUT2D eigenvalue weighted by Crippen LogP contribution is -2.40. The SMILES string of the molecule is CC(C)c1cc(C(C)C)c(S(=O)(=O)N2c3ccccc3[C@@H](C)C[C@H]2c2ccccc2)c(C(C)C)c1. The van der Waals surface area contributed by atoms with Crippen LogP contribution in [0.4, 0.5) is 5.69 Å². The summed E-state index contributed by atoms with van der Waals surface area (Å²) < 4.78 is 31.5. The molecule has 4 heteroatoms. The van der Waals surface area contributed by atoms with Gasteiger partial charge in [0.1, 0.15) is 0 Å². The lowest BCUT2D eigenvalue weighted by atomic mass is 9.86. The second-order valence-electron chi connectivity index (χ2n) is 10.9. The fraction of sp³-hybridized carbons (Fsp3) is 0.419. The van der Waals surface area contributed by atoms with Gasteiger partial charge < -0.3 is 0 Å². The monoisotopic (exact) mass is 489 g/mol. The largest absolute Gasteiger partial charge is 0.265 e. The average molecular weight is 490 g/mol. The van der Waals surface area contributed by atoms with E-state index in [1.807, 2.05) is 36.4 Å². The van der Waals surface area contributed by atoms with Crippen molar-refractivity contribution in [3.05, 3.63) is 94.5 Å². The maximum atomic E-state index is 14.9. The van der Waals surface area contributed by atoms with E-state index in [2.05, 4.69) is 78.8 Å². The van der Waals surface area contributed by atoms with E-state index in [0.717, 1.165) is 34.4 Å². The van der Waals surface area contributed by atoms with Crippen molar-refractivity contribution in [2.45, 2.75) is 89.5 Å². The first-order chi connectivity index (χ1) is 16.5. The van der Waals surface area contributed by atoms with Crippen LogP contribution < -0.4 is 4.31 Å². The number of anilines is 1. The van der Waals surface area contributed by atoms with Crippen molar-refractivity contribution < 1.29 is 8.42 Å². The van der Waals surface area contributed by atoms with E-state index < -0.39 is 10.0 Å². The van der Waals surface area contributed by atoms with Gasteiger partial charge in [0.25, 0.3) is 10.0 Å². The molecule has 0 spiro atoms. The molecule has 0 aliphatic carbocycles. The third kappa shape index (κ3) is 4.65. The van der Waals surface area contributed by atoms with Crippen LogP contribution in [0.25, 0.3) is 0 Å². The summed E-state index contributed by atoms with van der Waals surface area (Å²) in [5, 5.41) is 0. The minimum Gasteiger partial charge on any atom is -0.259 e. The lowest BCUT2D eigenvalue weighted by molar-refractivity contribution is 0.521. The maximum Gasteiger partial charge on any atom is 0.265 e. The van der Waals surface area contributed by atoms with Crippen LogP contribution in [0.15, 0.2) is 71.6 Å². The van der Waals surface area contributed by atoms with Gasteiger partial charge in [-0.15, -0.1) is 0 Å². The minimum absolute atomic E-state index is 0.0881. The summed E-state index contributed by atoms with van der Waals surface area (Å²) in [6.45, 7) is 15.0. The molecule has 3 aromatic carbocycles. The molecule has 4 rings (SSSR count). The van der Waals surface area contributed by atoms with Crippen molar-refractivity contribution in [2.24, 2.45) is 0 Å². The van der Waals surface area contributed by atoms with Gasteiger partial charge in [-0.2, -0.15) is 0 Å². The van der Waals surface area contributed by atoms with Crippen LogP contribution in [0.2, 0.25) is 0 Å². The Balaban J connectivity index is 2.04. The summed E-state index contributed by atoms with van der Waals surface area (Å²) >= 11 is 0. The fourth-order valence-corrected chi connectivity index (χ4v) is 7.71. The highest BCUT2D eigenvalue weighted by molar-refractivity contribution is 7.93. The molecular weight excluding hydrogens is 450 g/mol. The molecule has 1 heterocycles. The van der Waals surface area contributed by atoms with Crippen molar-refractivity contribution in [2.75, 3.05) is 4.31 Å². The Labute approximate surface area is 212 Å². The smallest absolute Gasteiger partial charge is 0.259 e. The molecule has 2 atom stereocenters. The first-order valence-electron chi connectivity index (χ1n) is 12.9. The molecule has 0 bridgehead atoms. The summed E-state index contributed by atoms with van der Waals surface area (Å²) in [5.41, 5.74) is 5.97. The highest BCUT2D eigenvalue weighted by Gasteiger charge is 2.41. The van der Waals surface area contributed by atoms with E-state index in [-0.39, 0.29) is 23.8 Å². The van der Waals surface area contributed by atoms with Gasteiger partial charge in [0, 0.05) is 0 Å². The highest BCUT2D eigenvalue weighted by Crippen LogP contribution is 2.49. The summed E-state index contributed by atoms with van der Waals surface area (Å²) in [7, 11) is -3.86. The predicted molar refractivity (Wildman–Crippen MR) is 147 cm³/mol. The van der Waals surface area contributed by atoms with Crippen molar-refractivity contribution in [3.63, 3.8) is 0 Å². The number of rotatable bonds is 6. The fourth-order valence-electron chi connectivity index (χ4n) is 5.36. The van der Waals surface area contributed by atoms with Gasteiger partial charge >= 0.3 is 0 Å². The predicted octanol–water partition coefficient (Wildman–Crippen LogP) is 8.50. The zero-order valence-electron chi connectivity index (χ0n) is 22.1. The standard InChI is InChI=1S/C31H39NO2S/c1-20(2)25-18-27(21(3)4)31(28(19-25)22(5)6)35(33,34)32-29-16-12-11-15-26(29)23(7)17-30(32)24-13-9-8-10-14-24/h8-16,18-23,30H,17H2,1-7H3/t23-,30-/m0/s1. The van der Waals surface area contributed by atoms with Crippen LogP contribution in [0.3, 0.4) is 0 Å². The summed E-state index contributed by atoms with van der Waals surface area (Å²) in [6, 6.07) is 22.1. The maximum absolute atomic E-state index is 14.9. The van der Waals surface area contributed by atoms with Crippen molar-refractivity contribution in [1.82, 2.24) is 0 Å². The van der Waals surface area contributed by atoms with Crippen LogP contribution in [0.5, 0.6) is 0 Å². The Kier molecular flexibility index (Phi) is 7.15. The molecule has 35 heavy (non-hydrogen) atoms. The quantitative estimate of drug-likeness (QED) is 0.348. The number of nitrogens with zero attached hydrogens (tertiary/aromatic N) is 1. The average Bonchev–Trinajstić information content (AvgIpc) is 2.83. The van der Waals surface area contributed by atoms with Crippen molar-refractivity contribution >= 4 is 15.7 Å². The van der Waals surface area contributed by atoms with Crippen LogP contribution in [-0.4, -0.2) is 8.42 Å². The highest BCUT2D eigenvalue weighted by atomic mass is 32.2. The van der Waals surface area contributed by atoms with Gasteiger partial charge in [-0.05, 0) is 64.0 Å². The first kappa shape index (κ1) is 25.5. The lowest BCUT2D eigenvalue weighted by Gasteiger charge is -2.41. The topological polar surface area (TPSA) is 37.4 Å². The van der Waals surface area contributed by atoms with Crippen LogP contribution in [-0.2, 0) is 10.0 Å². The number of fused-ring (bicyclic) bond motifs is 1. The molecule has 3 aromatic rings. The van der Waals surface area contributed by atoms with Gasteiger partial charge in [0.15, 0.2) is 0 Å². The van der Waals surface area contributed by atoms with E-state index in [9.17, 15) is 8.42 Å². The van der Waals surface area contributed by atoms with E-state index in [4.69, 9.17) is 0 Å². The summed E-state index contributed by atoms with van der Waals surface area (Å²) in [5.74, 6) is 0.769. The van der Waals surface area contributed by atoms with E-state index in [1.165, 1.54) is 5.56 Å². The number of para-hydroxylation sites is 1. The molecule has 1 aliphatic rings. The van der Waals surface area contributed by atoms with E-state index in [0.29, 0.717) is 10.8 Å². The summed E-state index contributed by atoms with van der Waals surface area (Å²) in [6.07, 6.45) is 0.748. The van der Waals surface area contributed by atoms with Gasteiger partial charge in [0.05, 0.1) is 16.6 Å². The van der Waals surface area contributed by atoms with Crippen LogP contribution in [0.1, 0.15) is 112 Å². The molecule has 186 valence electrons. The van der Waals surface area contributed by atoms with Crippen LogP contribution >= 0.6 is 0 Å². The molecule has 1 aliphatic heterocycles. The van der Waals surface area contributed by atoms with Crippen LogP contribution in [0, 0.1) is 0 Å². The number of benzene rings is 3. The van der Waals surface area contributed by atoms with Gasteiger partial charge in [-0.3, -0.25) is 4.31 Å². The molecule has 0 fully saturated rings. The van der Waals surface area contributed by atoms with Gasteiger partial charge in [0.2, 0.25) is 0 Å².